The highest BCUT2D eigenvalue weighted by atomic mass is 19.1. The third kappa shape index (κ3) is 4.09. The van der Waals surface area contributed by atoms with Crippen LogP contribution >= 0.6 is 0 Å². The molecule has 3 rings (SSSR count). The molecule has 0 saturated heterocycles. The molecule has 1 N–H and O–H groups in total. The average Bonchev–Trinajstić information content (AvgIpc) is 2.73. The van der Waals surface area contributed by atoms with Crippen molar-refractivity contribution < 1.29 is 18.7 Å². The van der Waals surface area contributed by atoms with Gasteiger partial charge in [0.25, 0.3) is 0 Å². The van der Waals surface area contributed by atoms with E-state index in [0.29, 0.717) is 16.8 Å². The van der Waals surface area contributed by atoms with Gasteiger partial charge in [0, 0.05) is 5.56 Å². The molecular formula is C23H20FNO3. The van der Waals surface area contributed by atoms with Crippen molar-refractivity contribution in [3.63, 3.8) is 0 Å². The summed E-state index contributed by atoms with van der Waals surface area (Å²) in [4.78, 5) is 24.5. The molecule has 3 aromatic carbocycles. The van der Waals surface area contributed by atoms with Gasteiger partial charge in [0.05, 0.1) is 24.3 Å². The number of halogens is 1. The zero-order chi connectivity index (χ0) is 20.1. The number of amides is 1. The molecule has 0 aliphatic carbocycles. The lowest BCUT2D eigenvalue weighted by Gasteiger charge is -2.15. The number of anilines is 1. The molecule has 1 amide bonds. The van der Waals surface area contributed by atoms with Crippen LogP contribution in [0.25, 0.3) is 11.1 Å². The van der Waals surface area contributed by atoms with Gasteiger partial charge in [0.1, 0.15) is 5.82 Å². The Morgan fingerprint density at radius 1 is 0.964 bits per heavy atom. The summed E-state index contributed by atoms with van der Waals surface area (Å²) >= 11 is 0. The summed E-state index contributed by atoms with van der Waals surface area (Å²) in [7, 11) is 1.28. The summed E-state index contributed by atoms with van der Waals surface area (Å²) in [5.74, 6) is -1.88. The molecule has 0 heterocycles. The maximum atomic E-state index is 14.6. The summed E-state index contributed by atoms with van der Waals surface area (Å²) in [5, 5.41) is 2.73. The monoisotopic (exact) mass is 377 g/mol. The molecule has 0 radical (unpaired) electrons. The largest absolute Gasteiger partial charge is 0.465 e. The van der Waals surface area contributed by atoms with Crippen molar-refractivity contribution in [3.8, 4) is 11.1 Å². The smallest absolute Gasteiger partial charge is 0.339 e. The fraction of sp³-hybridized carbons (Fsp3) is 0.130. The van der Waals surface area contributed by atoms with Crippen LogP contribution in [0.15, 0.2) is 72.8 Å². The second-order valence-corrected chi connectivity index (χ2v) is 6.35. The Bertz CT molecular complexity index is 1000. The Balaban J connectivity index is 1.81. The number of rotatable bonds is 5. The van der Waals surface area contributed by atoms with E-state index in [2.05, 4.69) is 5.32 Å². The predicted octanol–water partition coefficient (Wildman–Crippen LogP) is 5.02. The Morgan fingerprint density at radius 2 is 1.64 bits per heavy atom. The summed E-state index contributed by atoms with van der Waals surface area (Å²) in [6.07, 6.45) is 0. The summed E-state index contributed by atoms with van der Waals surface area (Å²) in [6.45, 7) is 1.69. The van der Waals surface area contributed by atoms with E-state index < -0.39 is 17.7 Å². The fourth-order valence-corrected chi connectivity index (χ4v) is 2.92. The molecule has 5 heteroatoms. The number of methoxy groups -OCH3 is 1. The normalized spacial score (nSPS) is 11.5. The lowest BCUT2D eigenvalue weighted by atomic mass is 9.96. The molecule has 3 aromatic rings. The van der Waals surface area contributed by atoms with E-state index in [0.717, 1.165) is 5.56 Å². The first-order valence-corrected chi connectivity index (χ1v) is 8.84. The first kappa shape index (κ1) is 19.3. The van der Waals surface area contributed by atoms with Gasteiger partial charge >= 0.3 is 5.97 Å². The van der Waals surface area contributed by atoms with Gasteiger partial charge in [-0.2, -0.15) is 0 Å². The van der Waals surface area contributed by atoms with Gasteiger partial charge in [-0.3, -0.25) is 4.79 Å². The lowest BCUT2D eigenvalue weighted by molar-refractivity contribution is -0.117. The van der Waals surface area contributed by atoms with Crippen molar-refractivity contribution in [1.82, 2.24) is 0 Å². The number of benzene rings is 3. The van der Waals surface area contributed by atoms with Gasteiger partial charge in [-0.15, -0.1) is 0 Å². The van der Waals surface area contributed by atoms with Crippen LogP contribution in [-0.4, -0.2) is 19.0 Å². The van der Waals surface area contributed by atoms with Crippen LogP contribution in [0.3, 0.4) is 0 Å². The molecule has 1 unspecified atom stereocenters. The van der Waals surface area contributed by atoms with Crippen LogP contribution in [0.1, 0.15) is 28.8 Å². The molecule has 0 aliphatic rings. The van der Waals surface area contributed by atoms with E-state index in [4.69, 9.17) is 4.74 Å². The van der Waals surface area contributed by atoms with E-state index >= 15 is 0 Å². The summed E-state index contributed by atoms with van der Waals surface area (Å²) in [5.41, 5.74) is 2.41. The third-order valence-corrected chi connectivity index (χ3v) is 4.56. The topological polar surface area (TPSA) is 55.4 Å². The molecule has 0 aliphatic heterocycles. The van der Waals surface area contributed by atoms with Crippen LogP contribution in [0.2, 0.25) is 0 Å². The van der Waals surface area contributed by atoms with Gasteiger partial charge in [-0.05, 0) is 36.2 Å². The Hall–Kier alpha value is -3.47. The van der Waals surface area contributed by atoms with Crippen LogP contribution in [0, 0.1) is 5.82 Å². The van der Waals surface area contributed by atoms with E-state index in [1.54, 1.807) is 43.3 Å². The van der Waals surface area contributed by atoms with E-state index in [1.165, 1.54) is 13.2 Å². The maximum Gasteiger partial charge on any atom is 0.339 e. The predicted molar refractivity (Wildman–Crippen MR) is 107 cm³/mol. The quantitative estimate of drug-likeness (QED) is 0.635. The first-order valence-electron chi connectivity index (χ1n) is 8.84. The minimum atomic E-state index is -0.606. The Kier molecular flexibility index (Phi) is 5.84. The number of esters is 1. The van der Waals surface area contributed by atoms with Crippen LogP contribution in [0.4, 0.5) is 10.1 Å². The summed E-state index contributed by atoms with van der Waals surface area (Å²) in [6, 6.07) is 20.6. The van der Waals surface area contributed by atoms with Crippen molar-refractivity contribution in [2.75, 3.05) is 12.4 Å². The molecule has 0 saturated carbocycles. The molecule has 0 aromatic heterocycles. The van der Waals surface area contributed by atoms with Crippen molar-refractivity contribution in [2.24, 2.45) is 0 Å². The minimum absolute atomic E-state index is 0.260. The molecule has 142 valence electrons. The molecule has 0 bridgehead atoms. The minimum Gasteiger partial charge on any atom is -0.465 e. The Labute approximate surface area is 163 Å². The number of ether oxygens (including phenoxy) is 1. The number of carbonyl (C=O) groups is 2. The zero-order valence-corrected chi connectivity index (χ0v) is 15.6. The number of carbonyl (C=O) groups excluding carboxylic acids is 2. The highest BCUT2D eigenvalue weighted by Crippen LogP contribution is 2.27. The number of para-hydroxylation sites is 1. The number of hydrogen-bond acceptors (Lipinski definition) is 3. The van der Waals surface area contributed by atoms with Gasteiger partial charge < -0.3 is 10.1 Å². The molecule has 4 nitrogen and oxygen atoms in total. The zero-order valence-electron chi connectivity index (χ0n) is 15.6. The van der Waals surface area contributed by atoms with Gasteiger partial charge in [0.15, 0.2) is 0 Å². The third-order valence-electron chi connectivity index (χ3n) is 4.56. The van der Waals surface area contributed by atoms with Crippen molar-refractivity contribution in [2.45, 2.75) is 12.8 Å². The number of hydrogen-bond donors (Lipinski definition) is 1. The van der Waals surface area contributed by atoms with E-state index in [9.17, 15) is 14.0 Å². The average molecular weight is 377 g/mol. The molecule has 0 fully saturated rings. The first-order chi connectivity index (χ1) is 13.5. The Morgan fingerprint density at radius 3 is 2.32 bits per heavy atom. The van der Waals surface area contributed by atoms with Crippen LogP contribution in [0.5, 0.6) is 0 Å². The second-order valence-electron chi connectivity index (χ2n) is 6.35. The molecular weight excluding hydrogens is 357 g/mol. The van der Waals surface area contributed by atoms with Gasteiger partial charge in [-0.25, -0.2) is 9.18 Å². The van der Waals surface area contributed by atoms with E-state index in [-0.39, 0.29) is 11.5 Å². The van der Waals surface area contributed by atoms with Gasteiger partial charge in [-0.1, -0.05) is 54.6 Å². The van der Waals surface area contributed by atoms with Crippen LogP contribution in [-0.2, 0) is 9.53 Å². The van der Waals surface area contributed by atoms with Crippen LogP contribution < -0.4 is 5.32 Å². The van der Waals surface area contributed by atoms with Crippen molar-refractivity contribution >= 4 is 17.6 Å². The highest BCUT2D eigenvalue weighted by Gasteiger charge is 2.20. The van der Waals surface area contributed by atoms with Crippen molar-refractivity contribution in [3.05, 3.63) is 89.7 Å². The fourth-order valence-electron chi connectivity index (χ4n) is 2.92. The van der Waals surface area contributed by atoms with Crippen molar-refractivity contribution in [1.29, 1.82) is 0 Å². The second kappa shape index (κ2) is 8.48. The molecule has 1 atom stereocenters. The standard InChI is InChI=1S/C23H20FNO3/c1-15(22(26)25-21-11-7-6-10-19(21)23(27)28-2)17-12-13-18(20(24)14-17)16-8-4-3-5-9-16/h3-15H,1-2H3,(H,25,26). The van der Waals surface area contributed by atoms with E-state index in [1.807, 2.05) is 30.3 Å². The highest BCUT2D eigenvalue weighted by molar-refractivity contribution is 6.03. The molecule has 0 spiro atoms. The maximum absolute atomic E-state index is 14.6. The van der Waals surface area contributed by atoms with Gasteiger partial charge in [0.2, 0.25) is 5.91 Å². The SMILES string of the molecule is COC(=O)c1ccccc1NC(=O)C(C)c1ccc(-c2ccccc2)c(F)c1. The lowest BCUT2D eigenvalue weighted by Crippen LogP contribution is -2.20. The number of nitrogens with one attached hydrogen (secondary N) is 1. The summed E-state index contributed by atoms with van der Waals surface area (Å²) < 4.78 is 19.3. The molecule has 28 heavy (non-hydrogen) atoms.